The minimum absolute atomic E-state index is 0.00536. The van der Waals surface area contributed by atoms with E-state index in [0.717, 1.165) is 0 Å². The minimum atomic E-state index is -0.799. The van der Waals surface area contributed by atoms with Gasteiger partial charge in [-0.25, -0.2) is 0 Å². The van der Waals surface area contributed by atoms with Crippen molar-refractivity contribution in [2.24, 2.45) is 0 Å². The Hall–Kier alpha value is -2.11. The number of carbonyl (C=O) groups is 1. The Labute approximate surface area is 120 Å². The van der Waals surface area contributed by atoms with Gasteiger partial charge in [0.2, 0.25) is 0 Å². The van der Waals surface area contributed by atoms with Gasteiger partial charge in [-0.05, 0) is 23.8 Å². The van der Waals surface area contributed by atoms with Crippen LogP contribution < -0.4 is 10.9 Å². The molecule has 2 aromatic rings. The van der Waals surface area contributed by atoms with E-state index in [1.54, 1.807) is 30.3 Å². The maximum Gasteiger partial charge on any atom is 0.260 e. The fraction of sp³-hybridized carbons (Fsp3) is 0.143. The number of hydrogen-bond donors (Lipinski definition) is 3. The molecule has 1 heterocycles. The zero-order valence-corrected chi connectivity index (χ0v) is 11.2. The van der Waals surface area contributed by atoms with E-state index in [9.17, 15) is 14.7 Å². The number of anilines is 1. The normalized spacial score (nSPS) is 11.9. The number of aliphatic hydroxyl groups excluding tert-OH is 1. The van der Waals surface area contributed by atoms with Crippen molar-refractivity contribution in [3.8, 4) is 0 Å². The molecule has 0 amide bonds. The van der Waals surface area contributed by atoms with E-state index in [1.165, 1.54) is 6.20 Å². The largest absolute Gasteiger partial charge is 0.387 e. The number of rotatable bonds is 5. The summed E-state index contributed by atoms with van der Waals surface area (Å²) < 4.78 is 0. The number of aromatic amines is 1. The maximum absolute atomic E-state index is 11.4. The van der Waals surface area contributed by atoms with Crippen molar-refractivity contribution in [1.82, 2.24) is 4.98 Å². The van der Waals surface area contributed by atoms with E-state index in [2.05, 4.69) is 10.3 Å². The lowest BCUT2D eigenvalue weighted by Gasteiger charge is -2.14. The number of benzene rings is 1. The van der Waals surface area contributed by atoms with Gasteiger partial charge in [0.1, 0.15) is 5.56 Å². The van der Waals surface area contributed by atoms with E-state index in [-0.39, 0.29) is 12.1 Å². The van der Waals surface area contributed by atoms with Gasteiger partial charge < -0.3 is 15.4 Å². The molecule has 3 N–H and O–H groups in total. The van der Waals surface area contributed by atoms with Crippen LogP contribution in [0, 0.1) is 0 Å². The summed E-state index contributed by atoms with van der Waals surface area (Å²) in [7, 11) is 0. The minimum Gasteiger partial charge on any atom is -0.387 e. The van der Waals surface area contributed by atoms with Crippen LogP contribution in [0.25, 0.3) is 0 Å². The fourth-order valence-electron chi connectivity index (χ4n) is 1.80. The molecule has 0 radical (unpaired) electrons. The van der Waals surface area contributed by atoms with E-state index >= 15 is 0 Å². The summed E-state index contributed by atoms with van der Waals surface area (Å²) >= 11 is 5.85. The molecular formula is C14H13ClN2O3. The van der Waals surface area contributed by atoms with E-state index < -0.39 is 11.7 Å². The third kappa shape index (κ3) is 3.26. The number of aromatic nitrogens is 1. The summed E-state index contributed by atoms with van der Waals surface area (Å²) in [4.78, 5) is 24.7. The molecule has 0 bridgehead atoms. The van der Waals surface area contributed by atoms with Crippen LogP contribution in [0.4, 0.5) is 5.69 Å². The second kappa shape index (κ2) is 6.36. The van der Waals surface area contributed by atoms with Crippen LogP contribution in [0.3, 0.4) is 0 Å². The summed E-state index contributed by atoms with van der Waals surface area (Å²) in [5.41, 5.74) is 0.570. The molecule has 104 valence electrons. The highest BCUT2D eigenvalue weighted by molar-refractivity contribution is 6.30. The summed E-state index contributed by atoms with van der Waals surface area (Å²) in [5.74, 6) is 0. The van der Waals surface area contributed by atoms with Crippen LogP contribution in [-0.4, -0.2) is 22.9 Å². The molecule has 1 aromatic heterocycles. The lowest BCUT2D eigenvalue weighted by atomic mass is 10.1. The second-order valence-electron chi connectivity index (χ2n) is 4.20. The number of hydrogen-bond acceptors (Lipinski definition) is 4. The highest BCUT2D eigenvalue weighted by Gasteiger charge is 2.10. The van der Waals surface area contributed by atoms with Crippen LogP contribution in [0.5, 0.6) is 0 Å². The van der Waals surface area contributed by atoms with Gasteiger partial charge in [0.25, 0.3) is 5.56 Å². The number of aliphatic hydroxyl groups is 1. The smallest absolute Gasteiger partial charge is 0.260 e. The SMILES string of the molecule is O=Cc1c(NCC(O)c2cccc(Cl)c2)cc[nH]c1=O. The van der Waals surface area contributed by atoms with Crippen molar-refractivity contribution < 1.29 is 9.90 Å². The Bertz CT molecular complexity index is 669. The number of carbonyl (C=O) groups excluding carboxylic acids is 1. The van der Waals surface area contributed by atoms with Gasteiger partial charge in [-0.15, -0.1) is 0 Å². The van der Waals surface area contributed by atoms with Crippen LogP contribution >= 0.6 is 11.6 Å². The third-order valence-corrected chi connectivity index (χ3v) is 3.07. The van der Waals surface area contributed by atoms with E-state index in [4.69, 9.17) is 11.6 Å². The van der Waals surface area contributed by atoms with Crippen molar-refractivity contribution >= 4 is 23.6 Å². The molecule has 1 unspecified atom stereocenters. The summed E-state index contributed by atoms with van der Waals surface area (Å²) in [6.45, 7) is 0.157. The van der Waals surface area contributed by atoms with E-state index in [0.29, 0.717) is 22.6 Å². The van der Waals surface area contributed by atoms with Gasteiger partial charge in [-0.3, -0.25) is 9.59 Å². The lowest BCUT2D eigenvalue weighted by molar-refractivity contribution is 0.112. The Morgan fingerprint density at radius 3 is 2.90 bits per heavy atom. The zero-order valence-electron chi connectivity index (χ0n) is 10.5. The van der Waals surface area contributed by atoms with Crippen LogP contribution in [0.1, 0.15) is 22.0 Å². The van der Waals surface area contributed by atoms with E-state index in [1.807, 2.05) is 0 Å². The third-order valence-electron chi connectivity index (χ3n) is 2.84. The molecule has 2 rings (SSSR count). The summed E-state index contributed by atoms with van der Waals surface area (Å²) in [6.07, 6.45) is 1.11. The lowest BCUT2D eigenvalue weighted by Crippen LogP contribution is -2.18. The first-order chi connectivity index (χ1) is 9.61. The maximum atomic E-state index is 11.4. The Balaban J connectivity index is 2.11. The van der Waals surface area contributed by atoms with Gasteiger partial charge in [0.05, 0.1) is 11.8 Å². The number of halogens is 1. The zero-order chi connectivity index (χ0) is 14.5. The standard InChI is InChI=1S/C14H13ClN2O3/c15-10-3-1-2-9(6-10)13(19)7-17-12-4-5-16-14(20)11(12)8-18/h1-6,8,13,19H,7H2,(H2,16,17,20). The van der Waals surface area contributed by atoms with Crippen molar-refractivity contribution in [3.63, 3.8) is 0 Å². The first-order valence-corrected chi connectivity index (χ1v) is 6.34. The highest BCUT2D eigenvalue weighted by atomic mass is 35.5. The predicted molar refractivity (Wildman–Crippen MR) is 77.4 cm³/mol. The van der Waals surface area contributed by atoms with Crippen molar-refractivity contribution in [3.05, 3.63) is 63.0 Å². The highest BCUT2D eigenvalue weighted by Crippen LogP contribution is 2.18. The van der Waals surface area contributed by atoms with Crippen LogP contribution in [0.2, 0.25) is 5.02 Å². The average molecular weight is 293 g/mol. The molecule has 0 saturated heterocycles. The molecule has 0 spiro atoms. The Morgan fingerprint density at radius 1 is 1.40 bits per heavy atom. The number of nitrogens with one attached hydrogen (secondary N) is 2. The molecule has 1 aromatic carbocycles. The van der Waals surface area contributed by atoms with Crippen LogP contribution in [-0.2, 0) is 0 Å². The van der Waals surface area contributed by atoms with Gasteiger partial charge >= 0.3 is 0 Å². The van der Waals surface area contributed by atoms with Crippen molar-refractivity contribution in [2.75, 3.05) is 11.9 Å². The predicted octanol–water partition coefficient (Wildman–Crippen LogP) is 1.99. The summed E-state index contributed by atoms with van der Waals surface area (Å²) in [6, 6.07) is 8.43. The Kier molecular flexibility index (Phi) is 4.55. The molecule has 0 aliphatic carbocycles. The number of pyridine rings is 1. The van der Waals surface area contributed by atoms with Crippen molar-refractivity contribution in [2.45, 2.75) is 6.10 Å². The molecule has 0 aliphatic heterocycles. The molecule has 6 heteroatoms. The molecule has 0 aliphatic rings. The average Bonchev–Trinajstić information content (AvgIpc) is 2.44. The van der Waals surface area contributed by atoms with Gasteiger partial charge in [0.15, 0.2) is 6.29 Å². The van der Waals surface area contributed by atoms with Crippen molar-refractivity contribution in [1.29, 1.82) is 0 Å². The second-order valence-corrected chi connectivity index (χ2v) is 4.64. The number of aldehydes is 1. The molecule has 0 fully saturated rings. The number of H-pyrrole nitrogens is 1. The molecule has 0 saturated carbocycles. The Morgan fingerprint density at radius 2 is 2.20 bits per heavy atom. The quantitative estimate of drug-likeness (QED) is 0.736. The van der Waals surface area contributed by atoms with Gasteiger partial charge in [-0.2, -0.15) is 0 Å². The van der Waals surface area contributed by atoms with Gasteiger partial charge in [-0.1, -0.05) is 23.7 Å². The molecule has 20 heavy (non-hydrogen) atoms. The first-order valence-electron chi connectivity index (χ1n) is 5.96. The topological polar surface area (TPSA) is 82.2 Å². The van der Waals surface area contributed by atoms with Crippen LogP contribution in [0.15, 0.2) is 41.3 Å². The summed E-state index contributed by atoms with van der Waals surface area (Å²) in [5, 5.41) is 13.5. The molecular weight excluding hydrogens is 280 g/mol. The first kappa shape index (κ1) is 14.3. The van der Waals surface area contributed by atoms with Gasteiger partial charge in [0, 0.05) is 17.8 Å². The molecule has 1 atom stereocenters. The molecule has 5 nitrogen and oxygen atoms in total. The fourth-order valence-corrected chi connectivity index (χ4v) is 2.00. The monoisotopic (exact) mass is 292 g/mol.